The van der Waals surface area contributed by atoms with Crippen LogP contribution in [0.1, 0.15) is 45.0 Å². The van der Waals surface area contributed by atoms with Gasteiger partial charge in [0.25, 0.3) is 12.9 Å². The first kappa shape index (κ1) is 21.1. The maximum Gasteiger partial charge on any atom is 0.342 e. The predicted octanol–water partition coefficient (Wildman–Crippen LogP) is 2.80. The van der Waals surface area contributed by atoms with Crippen molar-refractivity contribution in [3.63, 3.8) is 0 Å². The van der Waals surface area contributed by atoms with Gasteiger partial charge in [-0.25, -0.2) is 31.7 Å². The highest BCUT2D eigenvalue weighted by Gasteiger charge is 2.28. The smallest absolute Gasteiger partial charge is 0.342 e. The minimum Gasteiger partial charge on any atom is -0.477 e. The third-order valence-corrected chi connectivity index (χ3v) is 2.83. The van der Waals surface area contributed by atoms with Crippen LogP contribution in [0.3, 0.4) is 0 Å². The minimum absolute atomic E-state index is 0.383. The molecule has 2 aromatic rings. The van der Waals surface area contributed by atoms with Crippen LogP contribution in [0.4, 0.5) is 30.7 Å². The lowest BCUT2D eigenvalue weighted by atomic mass is 10.2. The zero-order chi connectivity index (χ0) is 20.3. The zero-order valence-electron chi connectivity index (χ0n) is 12.9. The minimum atomic E-state index is -3.18. The van der Waals surface area contributed by atoms with Gasteiger partial charge in [0.2, 0.25) is 11.9 Å². The molecule has 0 atom stereocenters. The van der Waals surface area contributed by atoms with Gasteiger partial charge in [0, 0.05) is 14.1 Å². The first-order chi connectivity index (χ1) is 11.9. The molecule has 26 heavy (non-hydrogen) atoms. The Hall–Kier alpha value is -2.93. The lowest BCUT2D eigenvalue weighted by Gasteiger charge is -1.93. The van der Waals surface area contributed by atoms with E-state index in [-0.39, 0.29) is 0 Å². The van der Waals surface area contributed by atoms with Crippen molar-refractivity contribution in [3.05, 3.63) is 34.4 Å². The van der Waals surface area contributed by atoms with Gasteiger partial charge in [-0.1, -0.05) is 0 Å². The monoisotopic (exact) mass is 390 g/mol. The number of alkyl halides is 4. The SMILES string of the molecule is Cn1nc(C(F)F)c(C(=O)F)c1F.Cn1nc(C(F)F)c(C(=O)O)c1F. The molecular weight excluding hydrogens is 381 g/mol. The topological polar surface area (TPSA) is 90.0 Å². The molecule has 0 amide bonds. The molecule has 0 aliphatic carbocycles. The maximum absolute atomic E-state index is 12.8. The Balaban J connectivity index is 0.000000260. The summed E-state index contributed by atoms with van der Waals surface area (Å²) in [4.78, 5) is 20.4. The van der Waals surface area contributed by atoms with Crippen molar-refractivity contribution < 1.29 is 45.4 Å². The van der Waals surface area contributed by atoms with Crippen LogP contribution in [0, 0.1) is 11.9 Å². The summed E-state index contributed by atoms with van der Waals surface area (Å²) in [5.74, 6) is -4.42. The van der Waals surface area contributed by atoms with Crippen LogP contribution in [-0.4, -0.2) is 36.7 Å². The van der Waals surface area contributed by atoms with Crippen molar-refractivity contribution in [2.45, 2.75) is 12.9 Å². The lowest BCUT2D eigenvalue weighted by molar-refractivity contribution is 0.0677. The summed E-state index contributed by atoms with van der Waals surface area (Å²) in [6, 6.07) is -2.25. The van der Waals surface area contributed by atoms with Gasteiger partial charge in [0.1, 0.15) is 22.5 Å². The number of halogens is 7. The molecule has 7 nitrogen and oxygen atoms in total. The number of aryl methyl sites for hydroxylation is 2. The normalized spacial score (nSPS) is 10.9. The van der Waals surface area contributed by atoms with E-state index in [1.54, 1.807) is 0 Å². The number of hydrogen-bond donors (Lipinski definition) is 1. The van der Waals surface area contributed by atoms with Crippen molar-refractivity contribution in [2.24, 2.45) is 14.1 Å². The number of carboxylic acids is 1. The first-order valence-electron chi connectivity index (χ1n) is 6.34. The highest BCUT2D eigenvalue weighted by molar-refractivity contribution is 5.90. The standard InChI is InChI=1S/C6H4F4N2O.C6H5F3N2O2/c1-12-5(9)2(6(10)13)3(11-12)4(7)8;1-11-5(9)2(6(12)13)3(10-11)4(7)8/h4H,1H3;4H,1H3,(H,12,13). The van der Waals surface area contributed by atoms with Gasteiger partial charge >= 0.3 is 12.0 Å². The molecule has 144 valence electrons. The van der Waals surface area contributed by atoms with E-state index < -0.39 is 59.3 Å². The fourth-order valence-corrected chi connectivity index (χ4v) is 1.73. The summed E-state index contributed by atoms with van der Waals surface area (Å²) >= 11 is 0. The number of aromatic carboxylic acids is 1. The van der Waals surface area contributed by atoms with Crippen LogP contribution in [0.5, 0.6) is 0 Å². The van der Waals surface area contributed by atoms with Crippen LogP contribution < -0.4 is 0 Å². The largest absolute Gasteiger partial charge is 0.477 e. The summed E-state index contributed by atoms with van der Waals surface area (Å²) in [7, 11) is 2.04. The number of carboxylic acid groups (broad SMARTS) is 1. The van der Waals surface area contributed by atoms with Crippen molar-refractivity contribution in [2.75, 3.05) is 0 Å². The predicted molar refractivity (Wildman–Crippen MR) is 68.6 cm³/mol. The fraction of sp³-hybridized carbons (Fsp3) is 0.333. The molecule has 2 rings (SSSR count). The van der Waals surface area contributed by atoms with Gasteiger partial charge in [-0.2, -0.15) is 23.4 Å². The van der Waals surface area contributed by atoms with Crippen LogP contribution in [0.25, 0.3) is 0 Å². The summed E-state index contributed by atoms with van der Waals surface area (Å²) < 4.78 is 86.7. The number of carbonyl (C=O) groups is 2. The highest BCUT2D eigenvalue weighted by atomic mass is 19.3. The summed E-state index contributed by atoms with van der Waals surface area (Å²) in [5, 5.41) is 14.4. The maximum atomic E-state index is 12.8. The van der Waals surface area contributed by atoms with Gasteiger partial charge in [-0.3, -0.25) is 4.79 Å². The van der Waals surface area contributed by atoms with Crippen molar-refractivity contribution >= 4 is 12.0 Å². The second-order valence-electron chi connectivity index (χ2n) is 4.53. The van der Waals surface area contributed by atoms with Crippen LogP contribution in [0.15, 0.2) is 0 Å². The van der Waals surface area contributed by atoms with E-state index in [4.69, 9.17) is 5.11 Å². The number of rotatable bonds is 4. The molecule has 0 unspecified atom stereocenters. The summed E-state index contributed by atoms with van der Waals surface area (Å²) in [5.41, 5.74) is -4.59. The average Bonchev–Trinajstić information content (AvgIpc) is 2.98. The Morgan fingerprint density at radius 1 is 0.885 bits per heavy atom. The molecule has 14 heteroatoms. The summed E-state index contributed by atoms with van der Waals surface area (Å²) in [6.07, 6.45) is -6.27. The Labute approximate surface area is 139 Å². The van der Waals surface area contributed by atoms with E-state index in [1.165, 1.54) is 0 Å². The van der Waals surface area contributed by atoms with Crippen LogP contribution in [-0.2, 0) is 14.1 Å². The molecule has 0 aromatic carbocycles. The highest BCUT2D eigenvalue weighted by Crippen LogP contribution is 2.24. The van der Waals surface area contributed by atoms with Gasteiger partial charge in [-0.05, 0) is 0 Å². The third-order valence-electron chi connectivity index (χ3n) is 2.83. The Morgan fingerprint density at radius 2 is 1.23 bits per heavy atom. The molecule has 0 radical (unpaired) electrons. The number of aromatic nitrogens is 4. The fourth-order valence-electron chi connectivity index (χ4n) is 1.73. The molecule has 0 fully saturated rings. The van der Waals surface area contributed by atoms with Crippen LogP contribution >= 0.6 is 0 Å². The summed E-state index contributed by atoms with van der Waals surface area (Å²) in [6.45, 7) is 0. The van der Waals surface area contributed by atoms with Crippen molar-refractivity contribution in [1.29, 1.82) is 0 Å². The molecule has 2 aromatic heterocycles. The molecule has 0 spiro atoms. The number of nitrogens with zero attached hydrogens (tertiary/aromatic N) is 4. The molecule has 1 N–H and O–H groups in total. The number of hydrogen-bond acceptors (Lipinski definition) is 4. The lowest BCUT2D eigenvalue weighted by Crippen LogP contribution is -2.03. The molecule has 0 bridgehead atoms. The second-order valence-corrected chi connectivity index (χ2v) is 4.53. The third kappa shape index (κ3) is 4.18. The molecule has 2 heterocycles. The zero-order valence-corrected chi connectivity index (χ0v) is 12.9. The van der Waals surface area contributed by atoms with Gasteiger partial charge < -0.3 is 5.11 Å². The van der Waals surface area contributed by atoms with E-state index in [0.29, 0.717) is 9.36 Å². The first-order valence-corrected chi connectivity index (χ1v) is 6.34. The molecular formula is C12H9F7N4O3. The molecule has 0 aliphatic rings. The van der Waals surface area contributed by atoms with E-state index in [0.717, 1.165) is 14.1 Å². The van der Waals surface area contributed by atoms with Crippen LogP contribution in [0.2, 0.25) is 0 Å². The van der Waals surface area contributed by atoms with E-state index in [9.17, 15) is 40.3 Å². The van der Waals surface area contributed by atoms with E-state index in [2.05, 4.69) is 10.2 Å². The Bertz CT molecular complexity index is 763. The Kier molecular flexibility index (Phi) is 6.47. The number of carbonyl (C=O) groups excluding carboxylic acids is 1. The van der Waals surface area contributed by atoms with E-state index in [1.807, 2.05) is 0 Å². The average molecular weight is 390 g/mol. The molecule has 0 saturated heterocycles. The quantitative estimate of drug-likeness (QED) is 0.641. The van der Waals surface area contributed by atoms with E-state index >= 15 is 0 Å². The van der Waals surface area contributed by atoms with Crippen molar-refractivity contribution in [3.8, 4) is 0 Å². The Morgan fingerprint density at radius 3 is 1.46 bits per heavy atom. The molecule has 0 aliphatic heterocycles. The molecule has 0 saturated carbocycles. The van der Waals surface area contributed by atoms with Gasteiger partial charge in [-0.15, -0.1) is 0 Å². The van der Waals surface area contributed by atoms with Crippen molar-refractivity contribution in [1.82, 2.24) is 19.6 Å². The second kappa shape index (κ2) is 7.97. The van der Waals surface area contributed by atoms with Gasteiger partial charge in [0.15, 0.2) is 0 Å². The van der Waals surface area contributed by atoms with Gasteiger partial charge in [0.05, 0.1) is 0 Å².